The summed E-state index contributed by atoms with van der Waals surface area (Å²) >= 11 is 0. The topological polar surface area (TPSA) is 87.5 Å². The maximum atomic E-state index is 13.3. The number of ether oxygens (including phenoxy) is 1. The summed E-state index contributed by atoms with van der Waals surface area (Å²) in [5.74, 6) is 0.513. The molecule has 0 bridgehead atoms. The molecule has 7 nitrogen and oxygen atoms in total. The van der Waals surface area contributed by atoms with Crippen molar-refractivity contribution < 1.29 is 13.9 Å². The van der Waals surface area contributed by atoms with E-state index in [0.717, 1.165) is 74.7 Å². The highest BCUT2D eigenvalue weighted by atomic mass is 19.1. The molecule has 0 aliphatic carbocycles. The van der Waals surface area contributed by atoms with Crippen LogP contribution in [-0.2, 0) is 24.4 Å². The number of primary amides is 1. The monoisotopic (exact) mass is 463 g/mol. The van der Waals surface area contributed by atoms with Gasteiger partial charge in [0.25, 0.3) is 0 Å². The standard InChI is InChI=1S/C26H30FN5O2/c27-23-4-2-19(3-5-23)25-22(14-29-30-25)17-32-11-12-34-24-6-1-18(13-21(24)16-32)15-31-9-7-20(8-10-31)26(28)33/h1-6,13-14,20H,7-12,15-17H2,(H2,28,33)(H,29,30). The number of H-pyrrole nitrogens is 1. The number of piperidine rings is 1. The Bertz CT molecular complexity index is 1140. The van der Waals surface area contributed by atoms with Crippen LogP contribution in [0.2, 0.25) is 0 Å². The number of aromatic amines is 1. The van der Waals surface area contributed by atoms with Crippen LogP contribution in [0, 0.1) is 11.7 Å². The SMILES string of the molecule is NC(=O)C1CCN(Cc2ccc3c(c2)CN(Cc2cn[nH]c2-c2ccc(F)cc2)CCO3)CC1. The van der Waals surface area contributed by atoms with Gasteiger partial charge in [0.15, 0.2) is 0 Å². The second kappa shape index (κ2) is 9.95. The van der Waals surface area contributed by atoms with Gasteiger partial charge in [-0.05, 0) is 67.9 Å². The molecule has 0 spiro atoms. The molecule has 0 unspecified atom stereocenters. The highest BCUT2D eigenvalue weighted by Gasteiger charge is 2.24. The second-order valence-corrected chi connectivity index (χ2v) is 9.23. The van der Waals surface area contributed by atoms with Gasteiger partial charge in [0.1, 0.15) is 18.2 Å². The first-order valence-electron chi connectivity index (χ1n) is 11.8. The third-order valence-electron chi connectivity index (χ3n) is 6.82. The number of carbonyl (C=O) groups excluding carboxylic acids is 1. The van der Waals surface area contributed by atoms with Crippen molar-refractivity contribution in [3.05, 3.63) is 71.2 Å². The summed E-state index contributed by atoms with van der Waals surface area (Å²) in [6.07, 6.45) is 3.51. The van der Waals surface area contributed by atoms with E-state index < -0.39 is 0 Å². The van der Waals surface area contributed by atoms with Crippen LogP contribution in [0.25, 0.3) is 11.3 Å². The lowest BCUT2D eigenvalue weighted by atomic mass is 9.96. The zero-order chi connectivity index (χ0) is 23.5. The molecule has 2 aromatic carbocycles. The predicted octanol–water partition coefficient (Wildman–Crippen LogP) is 3.31. The fraction of sp³-hybridized carbons (Fsp3) is 0.385. The fourth-order valence-electron chi connectivity index (χ4n) is 4.91. The van der Waals surface area contributed by atoms with Gasteiger partial charge in [-0.3, -0.25) is 19.7 Å². The summed E-state index contributed by atoms with van der Waals surface area (Å²) in [7, 11) is 0. The van der Waals surface area contributed by atoms with Crippen molar-refractivity contribution in [2.75, 3.05) is 26.2 Å². The van der Waals surface area contributed by atoms with Crippen molar-refractivity contribution >= 4 is 5.91 Å². The lowest BCUT2D eigenvalue weighted by Gasteiger charge is -2.30. The average Bonchev–Trinajstić information content (AvgIpc) is 3.19. The van der Waals surface area contributed by atoms with Gasteiger partial charge >= 0.3 is 0 Å². The summed E-state index contributed by atoms with van der Waals surface area (Å²) in [6.45, 7) is 5.56. The first-order chi connectivity index (χ1) is 16.5. The molecule has 0 radical (unpaired) electrons. The smallest absolute Gasteiger partial charge is 0.220 e. The van der Waals surface area contributed by atoms with Gasteiger partial charge in [-0.25, -0.2) is 4.39 Å². The maximum Gasteiger partial charge on any atom is 0.220 e. The largest absolute Gasteiger partial charge is 0.492 e. The highest BCUT2D eigenvalue weighted by Crippen LogP contribution is 2.28. The van der Waals surface area contributed by atoms with Crippen molar-refractivity contribution in [3.8, 4) is 17.0 Å². The number of aromatic nitrogens is 2. The number of likely N-dealkylation sites (tertiary alicyclic amines) is 1. The minimum absolute atomic E-state index is 0.00738. The number of hydrogen-bond donors (Lipinski definition) is 2. The Morgan fingerprint density at radius 2 is 1.88 bits per heavy atom. The van der Waals surface area contributed by atoms with Crippen LogP contribution in [-0.4, -0.2) is 52.1 Å². The molecule has 1 amide bonds. The fourth-order valence-corrected chi connectivity index (χ4v) is 4.91. The van der Waals surface area contributed by atoms with Gasteiger partial charge in [-0.1, -0.05) is 6.07 Å². The Morgan fingerprint density at radius 3 is 2.65 bits per heavy atom. The molecular weight excluding hydrogens is 433 g/mol. The Labute approximate surface area is 198 Å². The van der Waals surface area contributed by atoms with Gasteiger partial charge in [-0.15, -0.1) is 0 Å². The van der Waals surface area contributed by atoms with E-state index in [2.05, 4.69) is 38.2 Å². The quantitative estimate of drug-likeness (QED) is 0.586. The van der Waals surface area contributed by atoms with E-state index in [1.54, 1.807) is 12.1 Å². The van der Waals surface area contributed by atoms with Crippen molar-refractivity contribution in [3.63, 3.8) is 0 Å². The number of carbonyl (C=O) groups is 1. The van der Waals surface area contributed by atoms with E-state index in [0.29, 0.717) is 6.61 Å². The average molecular weight is 464 g/mol. The molecule has 3 heterocycles. The number of rotatable bonds is 6. The molecule has 2 aliphatic heterocycles. The molecule has 3 aromatic rings. The first-order valence-corrected chi connectivity index (χ1v) is 11.8. The minimum Gasteiger partial charge on any atom is -0.492 e. The van der Waals surface area contributed by atoms with E-state index in [-0.39, 0.29) is 17.6 Å². The second-order valence-electron chi connectivity index (χ2n) is 9.23. The number of hydrogen-bond acceptors (Lipinski definition) is 5. The van der Waals surface area contributed by atoms with Crippen LogP contribution in [0.15, 0.2) is 48.7 Å². The number of nitrogens with two attached hydrogens (primary N) is 1. The number of halogens is 1. The normalized spacial score (nSPS) is 17.7. The third kappa shape index (κ3) is 5.13. The molecule has 2 aliphatic rings. The van der Waals surface area contributed by atoms with Crippen LogP contribution in [0.3, 0.4) is 0 Å². The minimum atomic E-state index is -0.251. The Balaban J connectivity index is 1.26. The van der Waals surface area contributed by atoms with E-state index in [9.17, 15) is 9.18 Å². The Morgan fingerprint density at radius 1 is 1.09 bits per heavy atom. The van der Waals surface area contributed by atoms with E-state index in [1.165, 1.54) is 23.3 Å². The summed E-state index contributed by atoms with van der Waals surface area (Å²) in [5, 5.41) is 7.30. The van der Waals surface area contributed by atoms with E-state index in [4.69, 9.17) is 10.5 Å². The van der Waals surface area contributed by atoms with Gasteiger partial charge in [-0.2, -0.15) is 5.10 Å². The summed E-state index contributed by atoms with van der Waals surface area (Å²) in [5.41, 5.74) is 10.8. The number of fused-ring (bicyclic) bond motifs is 1. The van der Waals surface area contributed by atoms with Crippen molar-refractivity contribution in [2.45, 2.75) is 32.5 Å². The van der Waals surface area contributed by atoms with Crippen molar-refractivity contribution in [2.24, 2.45) is 11.7 Å². The summed E-state index contributed by atoms with van der Waals surface area (Å²) < 4.78 is 19.4. The summed E-state index contributed by atoms with van der Waals surface area (Å²) in [4.78, 5) is 16.2. The lowest BCUT2D eigenvalue weighted by molar-refractivity contribution is -0.123. The molecule has 1 saturated heterocycles. The van der Waals surface area contributed by atoms with Crippen LogP contribution in [0.5, 0.6) is 5.75 Å². The molecule has 5 rings (SSSR count). The molecular formula is C26H30FN5O2. The predicted molar refractivity (Wildman–Crippen MR) is 127 cm³/mol. The van der Waals surface area contributed by atoms with Crippen LogP contribution < -0.4 is 10.5 Å². The van der Waals surface area contributed by atoms with Crippen molar-refractivity contribution in [1.82, 2.24) is 20.0 Å². The zero-order valence-electron chi connectivity index (χ0n) is 19.2. The first kappa shape index (κ1) is 22.6. The number of amides is 1. The molecule has 178 valence electrons. The van der Waals surface area contributed by atoms with Crippen LogP contribution in [0.1, 0.15) is 29.5 Å². The van der Waals surface area contributed by atoms with Crippen LogP contribution >= 0.6 is 0 Å². The molecule has 0 saturated carbocycles. The number of nitrogens with one attached hydrogen (secondary N) is 1. The summed E-state index contributed by atoms with van der Waals surface area (Å²) in [6, 6.07) is 12.9. The molecule has 3 N–H and O–H groups in total. The molecule has 34 heavy (non-hydrogen) atoms. The molecule has 1 fully saturated rings. The third-order valence-corrected chi connectivity index (χ3v) is 6.82. The van der Waals surface area contributed by atoms with Gasteiger partial charge in [0, 0.05) is 48.8 Å². The number of benzene rings is 2. The molecule has 1 aromatic heterocycles. The van der Waals surface area contributed by atoms with Gasteiger partial charge in [0.2, 0.25) is 5.91 Å². The zero-order valence-corrected chi connectivity index (χ0v) is 19.2. The highest BCUT2D eigenvalue weighted by molar-refractivity contribution is 5.76. The van der Waals surface area contributed by atoms with E-state index in [1.807, 2.05) is 6.20 Å². The molecule has 0 atom stereocenters. The Hall–Kier alpha value is -3.23. The van der Waals surface area contributed by atoms with E-state index >= 15 is 0 Å². The van der Waals surface area contributed by atoms with Crippen molar-refractivity contribution in [1.29, 1.82) is 0 Å². The lowest BCUT2D eigenvalue weighted by Crippen LogP contribution is -2.38. The molecule has 8 heteroatoms. The number of nitrogens with zero attached hydrogens (tertiary/aromatic N) is 3. The van der Waals surface area contributed by atoms with Gasteiger partial charge < -0.3 is 10.5 Å². The van der Waals surface area contributed by atoms with Gasteiger partial charge in [0.05, 0.1) is 11.9 Å². The van der Waals surface area contributed by atoms with Crippen LogP contribution in [0.4, 0.5) is 4.39 Å². The maximum absolute atomic E-state index is 13.3. The Kier molecular flexibility index (Phi) is 6.60.